The Balaban J connectivity index is 1.27. The maximum atomic E-state index is 12.6. The highest BCUT2D eigenvalue weighted by Gasteiger charge is 2.27. The van der Waals surface area contributed by atoms with E-state index in [0.29, 0.717) is 6.54 Å². The summed E-state index contributed by atoms with van der Waals surface area (Å²) >= 11 is 0. The average molecular weight is 436 g/mol. The molecule has 2 aromatic heterocycles. The Kier molecular flexibility index (Phi) is 5.94. The molecule has 2 fully saturated rings. The second-order valence-corrected chi connectivity index (χ2v) is 8.48. The van der Waals surface area contributed by atoms with Gasteiger partial charge in [0.05, 0.1) is 18.9 Å². The van der Waals surface area contributed by atoms with Crippen molar-refractivity contribution in [2.45, 2.75) is 31.8 Å². The van der Waals surface area contributed by atoms with Gasteiger partial charge in [-0.1, -0.05) is 12.1 Å². The van der Waals surface area contributed by atoms with Crippen LogP contribution in [0.4, 0.5) is 5.82 Å². The number of nitrogens with one attached hydrogen (secondary N) is 1. The van der Waals surface area contributed by atoms with Gasteiger partial charge in [-0.15, -0.1) is 0 Å². The molecule has 32 heavy (non-hydrogen) atoms. The smallest absolute Gasteiger partial charge is 0.223 e. The molecule has 0 spiro atoms. The van der Waals surface area contributed by atoms with E-state index in [1.54, 1.807) is 13.3 Å². The first-order valence-corrected chi connectivity index (χ1v) is 11.3. The van der Waals surface area contributed by atoms with E-state index in [4.69, 9.17) is 14.6 Å². The lowest BCUT2D eigenvalue weighted by Crippen LogP contribution is -2.42. The normalized spacial score (nSPS) is 19.4. The molecule has 4 heterocycles. The van der Waals surface area contributed by atoms with Crippen molar-refractivity contribution < 1.29 is 14.3 Å². The Bertz CT molecular complexity index is 1080. The number of hydrogen-bond acceptors (Lipinski definition) is 6. The third-order valence-corrected chi connectivity index (χ3v) is 6.43. The molecule has 8 heteroatoms. The van der Waals surface area contributed by atoms with Crippen molar-refractivity contribution >= 4 is 17.2 Å². The first kappa shape index (κ1) is 20.8. The molecule has 1 N–H and O–H groups in total. The SMILES string of the molecule is COc1cccc(-c2cc3c(N4CCC(C(=O)NCC5CCCO5)CC4)nccn3n2)c1. The van der Waals surface area contributed by atoms with Gasteiger partial charge in [-0.3, -0.25) is 4.79 Å². The minimum atomic E-state index is 0.0460. The van der Waals surface area contributed by atoms with Crippen molar-refractivity contribution in [3.05, 3.63) is 42.7 Å². The summed E-state index contributed by atoms with van der Waals surface area (Å²) in [4.78, 5) is 19.5. The first-order valence-electron chi connectivity index (χ1n) is 11.3. The van der Waals surface area contributed by atoms with Gasteiger partial charge in [-0.05, 0) is 43.9 Å². The molecule has 2 saturated heterocycles. The number of rotatable bonds is 6. The number of nitrogens with zero attached hydrogens (tertiary/aromatic N) is 4. The number of ether oxygens (including phenoxy) is 2. The molecular weight excluding hydrogens is 406 g/mol. The number of carbonyl (C=O) groups excluding carboxylic acids is 1. The van der Waals surface area contributed by atoms with Crippen LogP contribution in [0.25, 0.3) is 16.8 Å². The predicted octanol–water partition coefficient (Wildman–Crippen LogP) is 2.92. The van der Waals surface area contributed by atoms with Crippen molar-refractivity contribution in [2.24, 2.45) is 5.92 Å². The van der Waals surface area contributed by atoms with E-state index >= 15 is 0 Å². The van der Waals surface area contributed by atoms with Gasteiger partial charge in [0, 0.05) is 50.1 Å². The van der Waals surface area contributed by atoms with Gasteiger partial charge >= 0.3 is 0 Å². The van der Waals surface area contributed by atoms with E-state index in [9.17, 15) is 4.79 Å². The summed E-state index contributed by atoms with van der Waals surface area (Å²) in [5, 5.41) is 7.82. The molecule has 1 aromatic carbocycles. The highest BCUT2D eigenvalue weighted by atomic mass is 16.5. The molecular formula is C24H29N5O3. The van der Waals surface area contributed by atoms with Crippen LogP contribution in [-0.4, -0.2) is 60.0 Å². The Hall–Kier alpha value is -3.13. The summed E-state index contributed by atoms with van der Waals surface area (Å²) in [6, 6.07) is 9.96. The van der Waals surface area contributed by atoms with E-state index in [1.165, 1.54) is 0 Å². The fourth-order valence-electron chi connectivity index (χ4n) is 4.59. The van der Waals surface area contributed by atoms with Crippen molar-refractivity contribution in [1.29, 1.82) is 0 Å². The number of carbonyl (C=O) groups is 1. The van der Waals surface area contributed by atoms with E-state index < -0.39 is 0 Å². The Morgan fingerprint density at radius 1 is 1.25 bits per heavy atom. The number of methoxy groups -OCH3 is 1. The standard InChI is InChI=1S/C24H29N5O3/c1-31-19-5-2-4-18(14-19)21-15-22-23(25-9-12-29(22)27-21)28-10-7-17(8-11-28)24(30)26-16-20-6-3-13-32-20/h2,4-5,9,12,14-15,17,20H,3,6-8,10-11,13,16H2,1H3,(H,26,30). The Labute approximate surface area is 187 Å². The van der Waals surface area contributed by atoms with E-state index in [-0.39, 0.29) is 17.9 Å². The van der Waals surface area contributed by atoms with Crippen LogP contribution in [0.2, 0.25) is 0 Å². The summed E-state index contributed by atoms with van der Waals surface area (Å²) in [7, 11) is 1.66. The number of hydrogen-bond donors (Lipinski definition) is 1. The van der Waals surface area contributed by atoms with Gasteiger partial charge in [0.25, 0.3) is 0 Å². The van der Waals surface area contributed by atoms with E-state index in [1.807, 2.05) is 35.0 Å². The minimum absolute atomic E-state index is 0.0460. The zero-order valence-corrected chi connectivity index (χ0v) is 18.4. The monoisotopic (exact) mass is 435 g/mol. The number of amides is 1. The largest absolute Gasteiger partial charge is 0.497 e. The average Bonchev–Trinajstić information content (AvgIpc) is 3.52. The van der Waals surface area contributed by atoms with Crippen LogP contribution < -0.4 is 15.0 Å². The molecule has 0 aliphatic carbocycles. The molecule has 0 bridgehead atoms. The zero-order chi connectivity index (χ0) is 21.9. The molecule has 8 nitrogen and oxygen atoms in total. The van der Waals surface area contributed by atoms with Crippen molar-refractivity contribution in [3.8, 4) is 17.0 Å². The van der Waals surface area contributed by atoms with Crippen LogP contribution in [0.5, 0.6) is 5.75 Å². The molecule has 2 aliphatic rings. The zero-order valence-electron chi connectivity index (χ0n) is 18.4. The molecule has 1 atom stereocenters. The topological polar surface area (TPSA) is 81.0 Å². The highest BCUT2D eigenvalue weighted by molar-refractivity contribution is 5.79. The molecule has 168 valence electrons. The highest BCUT2D eigenvalue weighted by Crippen LogP contribution is 2.29. The lowest BCUT2D eigenvalue weighted by Gasteiger charge is -2.32. The van der Waals surface area contributed by atoms with Gasteiger partial charge in [-0.2, -0.15) is 5.10 Å². The number of anilines is 1. The molecule has 3 aromatic rings. The van der Waals surface area contributed by atoms with Crippen LogP contribution in [0.15, 0.2) is 42.7 Å². The molecule has 1 unspecified atom stereocenters. The minimum Gasteiger partial charge on any atom is -0.497 e. The number of piperidine rings is 1. The lowest BCUT2D eigenvalue weighted by molar-refractivity contribution is -0.126. The van der Waals surface area contributed by atoms with Gasteiger partial charge in [0.15, 0.2) is 5.82 Å². The predicted molar refractivity (Wildman–Crippen MR) is 122 cm³/mol. The van der Waals surface area contributed by atoms with E-state index in [2.05, 4.69) is 21.3 Å². The first-order chi connectivity index (χ1) is 15.7. The Morgan fingerprint density at radius 2 is 2.12 bits per heavy atom. The maximum Gasteiger partial charge on any atom is 0.223 e. The summed E-state index contributed by atoms with van der Waals surface area (Å²) < 4.78 is 12.8. The fraction of sp³-hybridized carbons (Fsp3) is 0.458. The van der Waals surface area contributed by atoms with E-state index in [0.717, 1.165) is 73.7 Å². The number of benzene rings is 1. The Morgan fingerprint density at radius 3 is 2.91 bits per heavy atom. The second-order valence-electron chi connectivity index (χ2n) is 8.48. The number of aromatic nitrogens is 3. The quantitative estimate of drug-likeness (QED) is 0.641. The fourth-order valence-corrected chi connectivity index (χ4v) is 4.59. The van der Waals surface area contributed by atoms with Crippen molar-refractivity contribution in [2.75, 3.05) is 38.3 Å². The molecule has 0 radical (unpaired) electrons. The summed E-state index contributed by atoms with van der Waals surface area (Å²) in [6.07, 6.45) is 7.59. The van der Waals surface area contributed by atoms with Gasteiger partial charge in [-0.25, -0.2) is 9.50 Å². The summed E-state index contributed by atoms with van der Waals surface area (Å²) in [5.74, 6) is 1.91. The lowest BCUT2D eigenvalue weighted by atomic mass is 9.95. The molecule has 2 aliphatic heterocycles. The maximum absolute atomic E-state index is 12.6. The van der Waals surface area contributed by atoms with Crippen LogP contribution in [0, 0.1) is 5.92 Å². The van der Waals surface area contributed by atoms with Crippen LogP contribution in [0.1, 0.15) is 25.7 Å². The van der Waals surface area contributed by atoms with Gasteiger partial charge in [0.1, 0.15) is 11.3 Å². The second kappa shape index (κ2) is 9.16. The third kappa shape index (κ3) is 4.27. The van der Waals surface area contributed by atoms with Gasteiger partial charge in [0.2, 0.25) is 5.91 Å². The van der Waals surface area contributed by atoms with Crippen molar-refractivity contribution in [1.82, 2.24) is 19.9 Å². The summed E-state index contributed by atoms with van der Waals surface area (Å²) in [6.45, 7) is 3.03. The molecule has 1 amide bonds. The molecule has 5 rings (SSSR count). The number of fused-ring (bicyclic) bond motifs is 1. The van der Waals surface area contributed by atoms with Crippen molar-refractivity contribution in [3.63, 3.8) is 0 Å². The molecule has 0 saturated carbocycles. The third-order valence-electron chi connectivity index (χ3n) is 6.43. The van der Waals surface area contributed by atoms with Gasteiger partial charge < -0.3 is 19.7 Å². The summed E-state index contributed by atoms with van der Waals surface area (Å²) in [5.41, 5.74) is 2.84. The van der Waals surface area contributed by atoms with Crippen LogP contribution in [-0.2, 0) is 9.53 Å². The van der Waals surface area contributed by atoms with Crippen LogP contribution >= 0.6 is 0 Å². The van der Waals surface area contributed by atoms with Crippen LogP contribution in [0.3, 0.4) is 0 Å².